The fourth-order valence-corrected chi connectivity index (χ4v) is 9.06. The lowest BCUT2D eigenvalue weighted by molar-refractivity contribution is 0.670. The second kappa shape index (κ2) is 13.1. The number of benzene rings is 8. The lowest BCUT2D eigenvalue weighted by Gasteiger charge is -2.28. The molecule has 0 saturated carbocycles. The predicted molar refractivity (Wildman–Crippen MR) is 234 cm³/mol. The summed E-state index contributed by atoms with van der Waals surface area (Å²) >= 11 is 0. The lowest BCUT2D eigenvalue weighted by Crippen LogP contribution is -2.22. The normalized spacial score (nSPS) is 14.5. The number of nitrogens with zero attached hydrogens (tertiary/aromatic N) is 2. The van der Waals surface area contributed by atoms with Crippen LogP contribution < -0.4 is 0 Å². The van der Waals surface area contributed by atoms with Gasteiger partial charge in [-0.2, -0.15) is 0 Å². The van der Waals surface area contributed by atoms with Crippen LogP contribution in [0.15, 0.2) is 205 Å². The van der Waals surface area contributed by atoms with Gasteiger partial charge in [0.25, 0.3) is 0 Å². The Morgan fingerprint density at radius 3 is 1.84 bits per heavy atom. The molecule has 8 aromatic carbocycles. The van der Waals surface area contributed by atoms with E-state index in [1.807, 2.05) is 30.3 Å². The minimum absolute atomic E-state index is 0.271. The largest absolute Gasteiger partial charge is 0.455 e. The maximum atomic E-state index is 6.53. The summed E-state index contributed by atoms with van der Waals surface area (Å²) < 4.78 is 6.53. The molecule has 11 rings (SSSR count). The summed E-state index contributed by atoms with van der Waals surface area (Å²) in [6, 6.07) is 70.9. The third-order valence-corrected chi connectivity index (χ3v) is 11.8. The van der Waals surface area contributed by atoms with Crippen LogP contribution in [0.1, 0.15) is 23.6 Å². The molecule has 2 aromatic heterocycles. The van der Waals surface area contributed by atoms with Crippen molar-refractivity contribution in [1.82, 2.24) is 9.97 Å². The highest BCUT2D eigenvalue weighted by Gasteiger charge is 2.41. The van der Waals surface area contributed by atoms with Gasteiger partial charge in [0.05, 0.1) is 11.4 Å². The van der Waals surface area contributed by atoms with Crippen molar-refractivity contribution in [2.75, 3.05) is 0 Å². The molecule has 3 heteroatoms. The van der Waals surface area contributed by atoms with Crippen LogP contribution in [0.4, 0.5) is 0 Å². The minimum Gasteiger partial charge on any atom is -0.455 e. The monoisotopic (exact) mass is 728 g/mol. The molecule has 0 fully saturated rings. The maximum absolute atomic E-state index is 6.53. The van der Waals surface area contributed by atoms with E-state index >= 15 is 0 Å². The first kappa shape index (κ1) is 33.0. The Hall–Kier alpha value is -7.36. The van der Waals surface area contributed by atoms with Gasteiger partial charge in [0.1, 0.15) is 11.2 Å². The summed E-state index contributed by atoms with van der Waals surface area (Å²) in [6.45, 7) is 2.37. The molecule has 1 atom stereocenters. The number of hydrogen-bond acceptors (Lipinski definition) is 3. The van der Waals surface area contributed by atoms with E-state index in [1.54, 1.807) is 0 Å². The van der Waals surface area contributed by atoms with Gasteiger partial charge in [-0.05, 0) is 69.6 Å². The topological polar surface area (TPSA) is 38.9 Å². The molecule has 0 spiro atoms. The van der Waals surface area contributed by atoms with Crippen LogP contribution in [0.25, 0.3) is 89.2 Å². The third kappa shape index (κ3) is 5.27. The molecule has 1 aliphatic carbocycles. The zero-order valence-electron chi connectivity index (χ0n) is 31.4. The number of furan rings is 1. The van der Waals surface area contributed by atoms with Gasteiger partial charge in [0.2, 0.25) is 0 Å². The van der Waals surface area contributed by atoms with Gasteiger partial charge in [0.15, 0.2) is 5.82 Å². The number of rotatable bonds is 6. The molecule has 57 heavy (non-hydrogen) atoms. The molecular weight excluding hydrogens is 693 g/mol. The summed E-state index contributed by atoms with van der Waals surface area (Å²) in [5.74, 6) is 0.679. The molecule has 2 heterocycles. The number of hydrogen-bond donors (Lipinski definition) is 0. The maximum Gasteiger partial charge on any atom is 0.160 e. The Kier molecular flexibility index (Phi) is 7.61. The smallest absolute Gasteiger partial charge is 0.160 e. The van der Waals surface area contributed by atoms with E-state index in [0.717, 1.165) is 66.7 Å². The molecule has 1 aliphatic rings. The van der Waals surface area contributed by atoms with Crippen LogP contribution in [-0.4, -0.2) is 9.97 Å². The Morgan fingerprint density at radius 1 is 0.404 bits per heavy atom. The van der Waals surface area contributed by atoms with E-state index in [0.29, 0.717) is 5.82 Å². The standard InChI is InChI=1S/C54H36N2O/c1-54(38-21-6-3-7-22-38)46-30-12-10-26-45(46)51-39(27-16-31-47(51)54)36-19-14-20-37(33-36)48-34-49(56-53(55-48)35-17-4-2-5-18-35)41-24-9-8-23-40(41)43-28-15-29-44-42-25-11-13-32-50(42)57-52(43)44/h2-34H,1H3. The van der Waals surface area contributed by atoms with E-state index in [4.69, 9.17) is 14.4 Å². The summed E-state index contributed by atoms with van der Waals surface area (Å²) in [5.41, 5.74) is 17.2. The minimum atomic E-state index is -0.271. The van der Waals surface area contributed by atoms with E-state index in [2.05, 4.69) is 177 Å². The molecule has 0 saturated heterocycles. The Morgan fingerprint density at radius 2 is 0.982 bits per heavy atom. The summed E-state index contributed by atoms with van der Waals surface area (Å²) in [7, 11) is 0. The van der Waals surface area contributed by atoms with Crippen LogP contribution in [0.2, 0.25) is 0 Å². The first-order chi connectivity index (χ1) is 28.1. The Bertz CT molecular complexity index is 3140. The van der Waals surface area contributed by atoms with Gasteiger partial charge in [-0.25, -0.2) is 9.97 Å². The summed E-state index contributed by atoms with van der Waals surface area (Å²) in [4.78, 5) is 10.5. The van der Waals surface area contributed by atoms with E-state index in [9.17, 15) is 0 Å². The van der Waals surface area contributed by atoms with Crippen molar-refractivity contribution in [2.24, 2.45) is 0 Å². The molecule has 3 nitrogen and oxygen atoms in total. The Labute approximate surface area is 331 Å². The van der Waals surface area contributed by atoms with E-state index in [-0.39, 0.29) is 5.41 Å². The number of fused-ring (bicyclic) bond motifs is 6. The average molecular weight is 729 g/mol. The fourth-order valence-electron chi connectivity index (χ4n) is 9.06. The van der Waals surface area contributed by atoms with Crippen LogP contribution in [-0.2, 0) is 5.41 Å². The molecule has 0 N–H and O–H groups in total. The summed E-state index contributed by atoms with van der Waals surface area (Å²) in [6.07, 6.45) is 0. The molecule has 0 amide bonds. The van der Waals surface area contributed by atoms with Gasteiger partial charge < -0.3 is 4.42 Å². The first-order valence-corrected chi connectivity index (χ1v) is 19.5. The molecule has 1 unspecified atom stereocenters. The van der Waals surface area contributed by atoms with Gasteiger partial charge in [-0.1, -0.05) is 182 Å². The van der Waals surface area contributed by atoms with Crippen molar-refractivity contribution in [3.05, 3.63) is 217 Å². The van der Waals surface area contributed by atoms with Crippen molar-refractivity contribution in [1.29, 1.82) is 0 Å². The first-order valence-electron chi connectivity index (χ1n) is 19.5. The molecule has 268 valence electrons. The van der Waals surface area contributed by atoms with Crippen LogP contribution in [0.3, 0.4) is 0 Å². The average Bonchev–Trinajstić information content (AvgIpc) is 3.80. The van der Waals surface area contributed by atoms with Gasteiger partial charge in [0, 0.05) is 38.4 Å². The van der Waals surface area contributed by atoms with Gasteiger partial charge in [-0.15, -0.1) is 0 Å². The highest BCUT2D eigenvalue weighted by Crippen LogP contribution is 2.55. The van der Waals surface area contributed by atoms with Crippen molar-refractivity contribution in [3.8, 4) is 67.3 Å². The zero-order valence-corrected chi connectivity index (χ0v) is 31.4. The fraction of sp³-hybridized carbons (Fsp3) is 0.0370. The molecular formula is C54H36N2O. The summed E-state index contributed by atoms with van der Waals surface area (Å²) in [5, 5.41) is 2.21. The predicted octanol–water partition coefficient (Wildman–Crippen LogP) is 14.0. The third-order valence-electron chi connectivity index (χ3n) is 11.8. The molecule has 0 bridgehead atoms. The molecule has 0 aliphatic heterocycles. The highest BCUT2D eigenvalue weighted by molar-refractivity contribution is 6.10. The van der Waals surface area contributed by atoms with Gasteiger partial charge >= 0.3 is 0 Å². The molecule has 0 radical (unpaired) electrons. The van der Waals surface area contributed by atoms with E-state index in [1.165, 1.54) is 33.4 Å². The van der Waals surface area contributed by atoms with Crippen molar-refractivity contribution < 1.29 is 4.42 Å². The van der Waals surface area contributed by atoms with E-state index < -0.39 is 0 Å². The highest BCUT2D eigenvalue weighted by atomic mass is 16.3. The van der Waals surface area contributed by atoms with Crippen LogP contribution in [0.5, 0.6) is 0 Å². The second-order valence-electron chi connectivity index (χ2n) is 15.0. The number of para-hydroxylation sites is 2. The van der Waals surface area contributed by atoms with Crippen LogP contribution >= 0.6 is 0 Å². The van der Waals surface area contributed by atoms with Crippen LogP contribution in [0, 0.1) is 0 Å². The quantitative estimate of drug-likeness (QED) is 0.171. The number of aromatic nitrogens is 2. The van der Waals surface area contributed by atoms with Crippen molar-refractivity contribution in [3.63, 3.8) is 0 Å². The lowest BCUT2D eigenvalue weighted by atomic mass is 9.74. The molecule has 10 aromatic rings. The SMILES string of the molecule is CC1(c2ccccc2)c2ccccc2-c2c(-c3cccc(-c4cc(-c5ccccc5-c5cccc6c5oc5ccccc56)nc(-c5ccccc5)n4)c3)cccc21. The van der Waals surface area contributed by atoms with Crippen molar-refractivity contribution in [2.45, 2.75) is 12.3 Å². The van der Waals surface area contributed by atoms with Gasteiger partial charge in [-0.3, -0.25) is 0 Å². The second-order valence-corrected chi connectivity index (χ2v) is 15.0. The zero-order chi connectivity index (χ0) is 37.9. The Balaban J connectivity index is 1.08. The van der Waals surface area contributed by atoms with Crippen molar-refractivity contribution >= 4 is 21.9 Å².